The van der Waals surface area contributed by atoms with Crippen LogP contribution in [0.2, 0.25) is 5.02 Å². The van der Waals surface area contributed by atoms with E-state index in [0.717, 1.165) is 16.9 Å². The van der Waals surface area contributed by atoms with Crippen LogP contribution in [0, 0.1) is 5.82 Å². The standard InChI is InChI=1S/C16H17ClFNO2/c1-21-14-6-3-11(4-7-14)16(20)10-19-9-12-2-5-13(18)8-15(12)17/h2-8,16,19-20H,9-10H2,1H3. The Morgan fingerprint density at radius 3 is 2.57 bits per heavy atom. The lowest BCUT2D eigenvalue weighted by Crippen LogP contribution is -2.21. The predicted molar refractivity (Wildman–Crippen MR) is 81.1 cm³/mol. The van der Waals surface area contributed by atoms with E-state index in [2.05, 4.69) is 5.32 Å². The highest BCUT2D eigenvalue weighted by molar-refractivity contribution is 6.31. The fourth-order valence-electron chi connectivity index (χ4n) is 1.95. The van der Waals surface area contributed by atoms with E-state index in [1.165, 1.54) is 12.1 Å². The third-order valence-electron chi connectivity index (χ3n) is 3.17. The summed E-state index contributed by atoms with van der Waals surface area (Å²) in [7, 11) is 1.60. The minimum Gasteiger partial charge on any atom is -0.497 e. The summed E-state index contributed by atoms with van der Waals surface area (Å²) in [5.41, 5.74) is 1.59. The molecule has 0 radical (unpaired) electrons. The number of aliphatic hydroxyl groups is 1. The molecule has 0 aliphatic heterocycles. The number of ether oxygens (including phenoxy) is 1. The van der Waals surface area contributed by atoms with E-state index in [1.807, 2.05) is 12.1 Å². The summed E-state index contributed by atoms with van der Waals surface area (Å²) in [5, 5.41) is 13.6. The second-order valence-electron chi connectivity index (χ2n) is 4.66. The van der Waals surface area contributed by atoms with Crippen molar-refractivity contribution in [2.75, 3.05) is 13.7 Å². The molecule has 0 aromatic heterocycles. The van der Waals surface area contributed by atoms with E-state index in [-0.39, 0.29) is 5.82 Å². The summed E-state index contributed by atoms with van der Waals surface area (Å²) in [6.45, 7) is 0.840. The van der Waals surface area contributed by atoms with Gasteiger partial charge in [-0.15, -0.1) is 0 Å². The first kappa shape index (κ1) is 15.8. The van der Waals surface area contributed by atoms with E-state index in [4.69, 9.17) is 16.3 Å². The molecule has 2 aromatic carbocycles. The zero-order valence-electron chi connectivity index (χ0n) is 11.6. The maximum atomic E-state index is 12.9. The maximum absolute atomic E-state index is 12.9. The lowest BCUT2D eigenvalue weighted by atomic mass is 10.1. The SMILES string of the molecule is COc1ccc(C(O)CNCc2ccc(F)cc2Cl)cc1. The monoisotopic (exact) mass is 309 g/mol. The van der Waals surface area contributed by atoms with Crippen LogP contribution in [0.25, 0.3) is 0 Å². The van der Waals surface area contributed by atoms with Crippen molar-refractivity contribution in [1.29, 1.82) is 0 Å². The van der Waals surface area contributed by atoms with E-state index in [1.54, 1.807) is 25.3 Å². The zero-order valence-corrected chi connectivity index (χ0v) is 12.4. The van der Waals surface area contributed by atoms with Crippen LogP contribution in [0.4, 0.5) is 4.39 Å². The lowest BCUT2D eigenvalue weighted by Gasteiger charge is -2.13. The molecule has 3 nitrogen and oxygen atoms in total. The summed E-state index contributed by atoms with van der Waals surface area (Å²) in [6, 6.07) is 11.5. The zero-order chi connectivity index (χ0) is 15.2. The van der Waals surface area contributed by atoms with Crippen molar-refractivity contribution in [3.8, 4) is 5.75 Å². The van der Waals surface area contributed by atoms with Gasteiger partial charge in [0.2, 0.25) is 0 Å². The Balaban J connectivity index is 1.87. The average Bonchev–Trinajstić information content (AvgIpc) is 2.49. The molecule has 2 aromatic rings. The molecule has 112 valence electrons. The minimum absolute atomic E-state index is 0.359. The minimum atomic E-state index is -0.630. The molecule has 0 bridgehead atoms. The van der Waals surface area contributed by atoms with Gasteiger partial charge in [-0.05, 0) is 35.4 Å². The van der Waals surface area contributed by atoms with Crippen LogP contribution >= 0.6 is 11.6 Å². The molecule has 5 heteroatoms. The molecule has 0 aliphatic carbocycles. The van der Waals surface area contributed by atoms with E-state index in [9.17, 15) is 9.50 Å². The molecule has 2 rings (SSSR count). The smallest absolute Gasteiger partial charge is 0.124 e. The summed E-state index contributed by atoms with van der Waals surface area (Å²) < 4.78 is 18.0. The van der Waals surface area contributed by atoms with Crippen molar-refractivity contribution in [3.05, 3.63) is 64.4 Å². The number of nitrogens with one attached hydrogen (secondary N) is 1. The molecular formula is C16H17ClFNO2. The number of hydrogen-bond donors (Lipinski definition) is 2. The normalized spacial score (nSPS) is 12.2. The van der Waals surface area contributed by atoms with Crippen LogP contribution in [0.15, 0.2) is 42.5 Å². The fraction of sp³-hybridized carbons (Fsp3) is 0.250. The van der Waals surface area contributed by atoms with E-state index >= 15 is 0 Å². The van der Waals surface area contributed by atoms with Gasteiger partial charge < -0.3 is 15.2 Å². The Hall–Kier alpha value is -1.62. The van der Waals surface area contributed by atoms with Crippen LogP contribution in [-0.4, -0.2) is 18.8 Å². The Bertz CT molecular complexity index is 589. The quantitative estimate of drug-likeness (QED) is 0.860. The van der Waals surface area contributed by atoms with Crippen molar-refractivity contribution in [3.63, 3.8) is 0 Å². The largest absolute Gasteiger partial charge is 0.497 e. The van der Waals surface area contributed by atoms with E-state index in [0.29, 0.717) is 18.1 Å². The molecule has 2 N–H and O–H groups in total. The van der Waals surface area contributed by atoms with Gasteiger partial charge in [0.1, 0.15) is 11.6 Å². The second kappa shape index (κ2) is 7.41. The Kier molecular flexibility index (Phi) is 5.56. The molecule has 21 heavy (non-hydrogen) atoms. The number of rotatable bonds is 6. The van der Waals surface area contributed by atoms with Crippen LogP contribution in [-0.2, 0) is 6.54 Å². The number of methoxy groups -OCH3 is 1. The van der Waals surface area contributed by atoms with Gasteiger partial charge in [0.05, 0.1) is 13.2 Å². The number of hydrogen-bond acceptors (Lipinski definition) is 3. The number of aliphatic hydroxyl groups excluding tert-OH is 1. The van der Waals surface area contributed by atoms with Gasteiger partial charge in [-0.1, -0.05) is 29.8 Å². The Morgan fingerprint density at radius 2 is 1.95 bits per heavy atom. The lowest BCUT2D eigenvalue weighted by molar-refractivity contribution is 0.174. The molecule has 0 saturated carbocycles. The average molecular weight is 310 g/mol. The summed E-state index contributed by atoms with van der Waals surface area (Å²) in [4.78, 5) is 0. The number of benzene rings is 2. The van der Waals surface area contributed by atoms with Crippen molar-refractivity contribution < 1.29 is 14.2 Å². The molecule has 0 saturated heterocycles. The van der Waals surface area contributed by atoms with Crippen molar-refractivity contribution in [1.82, 2.24) is 5.32 Å². The van der Waals surface area contributed by atoms with Gasteiger partial charge in [0, 0.05) is 18.1 Å². The molecule has 1 atom stereocenters. The van der Waals surface area contributed by atoms with Crippen LogP contribution in [0.1, 0.15) is 17.2 Å². The Labute approximate surface area is 128 Å². The van der Waals surface area contributed by atoms with Crippen molar-refractivity contribution >= 4 is 11.6 Å². The summed E-state index contributed by atoms with van der Waals surface area (Å²) in [5.74, 6) is 0.388. The molecule has 0 heterocycles. The van der Waals surface area contributed by atoms with Gasteiger partial charge in [0.25, 0.3) is 0 Å². The summed E-state index contributed by atoms with van der Waals surface area (Å²) >= 11 is 5.94. The fourth-order valence-corrected chi connectivity index (χ4v) is 2.19. The topological polar surface area (TPSA) is 41.5 Å². The molecule has 1 unspecified atom stereocenters. The molecule has 0 aliphatic rings. The molecule has 0 amide bonds. The Morgan fingerprint density at radius 1 is 1.24 bits per heavy atom. The van der Waals surface area contributed by atoms with Crippen molar-refractivity contribution in [2.24, 2.45) is 0 Å². The van der Waals surface area contributed by atoms with Crippen LogP contribution < -0.4 is 10.1 Å². The first-order chi connectivity index (χ1) is 10.1. The molecule has 0 fully saturated rings. The van der Waals surface area contributed by atoms with Crippen LogP contribution in [0.3, 0.4) is 0 Å². The highest BCUT2D eigenvalue weighted by atomic mass is 35.5. The van der Waals surface area contributed by atoms with Gasteiger partial charge >= 0.3 is 0 Å². The first-order valence-corrected chi connectivity index (χ1v) is 6.94. The molecule has 0 spiro atoms. The summed E-state index contributed by atoms with van der Waals surface area (Å²) in [6.07, 6.45) is -0.630. The number of halogens is 2. The van der Waals surface area contributed by atoms with E-state index < -0.39 is 6.10 Å². The second-order valence-corrected chi connectivity index (χ2v) is 5.06. The van der Waals surface area contributed by atoms with Gasteiger partial charge in [-0.3, -0.25) is 0 Å². The highest BCUT2D eigenvalue weighted by Crippen LogP contribution is 2.19. The van der Waals surface area contributed by atoms with Gasteiger partial charge in [0.15, 0.2) is 0 Å². The van der Waals surface area contributed by atoms with Crippen LogP contribution in [0.5, 0.6) is 5.75 Å². The van der Waals surface area contributed by atoms with Crippen molar-refractivity contribution in [2.45, 2.75) is 12.6 Å². The predicted octanol–water partition coefficient (Wildman–Crippen LogP) is 3.31. The molecular weight excluding hydrogens is 293 g/mol. The first-order valence-electron chi connectivity index (χ1n) is 6.57. The third-order valence-corrected chi connectivity index (χ3v) is 3.52. The highest BCUT2D eigenvalue weighted by Gasteiger charge is 2.08. The van der Waals surface area contributed by atoms with Gasteiger partial charge in [-0.2, -0.15) is 0 Å². The van der Waals surface area contributed by atoms with Gasteiger partial charge in [-0.25, -0.2) is 4.39 Å². The maximum Gasteiger partial charge on any atom is 0.124 e. The third kappa shape index (κ3) is 4.43.